The topological polar surface area (TPSA) is 52.8 Å². The van der Waals surface area contributed by atoms with Gasteiger partial charge in [-0.25, -0.2) is 4.68 Å². The molecular formula is C8H15ClN4O. The summed E-state index contributed by atoms with van der Waals surface area (Å²) in [7, 11) is 1.66. The lowest BCUT2D eigenvalue weighted by Gasteiger charge is -2.15. The van der Waals surface area contributed by atoms with Crippen LogP contribution in [0.5, 0.6) is 0 Å². The van der Waals surface area contributed by atoms with E-state index in [4.69, 9.17) is 16.3 Å². The zero-order valence-electron chi connectivity index (χ0n) is 8.64. The molecule has 0 aliphatic heterocycles. The molecule has 0 aromatic carbocycles. The standard InChI is InChI=1S/C8H15ClN4O/c1-4-7(5-14-3)13-8(6(2)9)10-11-12-13/h6-7H,4-5H2,1-3H3. The number of alkyl halides is 1. The van der Waals surface area contributed by atoms with Gasteiger partial charge in [-0.05, 0) is 23.8 Å². The Morgan fingerprint density at radius 1 is 1.57 bits per heavy atom. The molecule has 2 atom stereocenters. The predicted molar refractivity (Wildman–Crippen MR) is 53.3 cm³/mol. The van der Waals surface area contributed by atoms with E-state index in [9.17, 15) is 0 Å². The molecule has 1 heterocycles. The van der Waals surface area contributed by atoms with Crippen LogP contribution in [0.2, 0.25) is 0 Å². The van der Waals surface area contributed by atoms with Crippen LogP contribution >= 0.6 is 11.6 Å². The summed E-state index contributed by atoms with van der Waals surface area (Å²) in [6.07, 6.45) is 0.912. The third kappa shape index (κ3) is 2.42. The average molecular weight is 219 g/mol. The molecule has 0 saturated heterocycles. The Labute approximate surface area is 88.4 Å². The highest BCUT2D eigenvalue weighted by Crippen LogP contribution is 2.20. The molecule has 14 heavy (non-hydrogen) atoms. The number of ether oxygens (including phenoxy) is 1. The molecule has 0 aliphatic rings. The highest BCUT2D eigenvalue weighted by atomic mass is 35.5. The first-order chi connectivity index (χ1) is 6.70. The van der Waals surface area contributed by atoms with Gasteiger partial charge in [0.15, 0.2) is 5.82 Å². The Bertz CT molecular complexity index is 276. The minimum Gasteiger partial charge on any atom is -0.382 e. The van der Waals surface area contributed by atoms with E-state index in [1.807, 2.05) is 6.92 Å². The van der Waals surface area contributed by atoms with Crippen LogP contribution in [-0.4, -0.2) is 33.9 Å². The van der Waals surface area contributed by atoms with Crippen LogP contribution in [0.3, 0.4) is 0 Å². The van der Waals surface area contributed by atoms with Crippen molar-refractivity contribution in [2.24, 2.45) is 0 Å². The van der Waals surface area contributed by atoms with Gasteiger partial charge < -0.3 is 4.74 Å². The molecule has 0 spiro atoms. The van der Waals surface area contributed by atoms with Crippen molar-refractivity contribution in [3.05, 3.63) is 5.82 Å². The molecule has 5 nitrogen and oxygen atoms in total. The molecule has 1 rings (SSSR count). The van der Waals surface area contributed by atoms with Gasteiger partial charge >= 0.3 is 0 Å². The smallest absolute Gasteiger partial charge is 0.169 e. The summed E-state index contributed by atoms with van der Waals surface area (Å²) in [5.74, 6) is 0.690. The fourth-order valence-corrected chi connectivity index (χ4v) is 1.42. The third-order valence-corrected chi connectivity index (χ3v) is 2.25. The van der Waals surface area contributed by atoms with Crippen molar-refractivity contribution >= 4 is 11.6 Å². The summed E-state index contributed by atoms with van der Waals surface area (Å²) < 4.78 is 6.83. The normalized spacial score (nSPS) is 15.4. The van der Waals surface area contributed by atoms with E-state index in [0.29, 0.717) is 12.4 Å². The van der Waals surface area contributed by atoms with Gasteiger partial charge in [0, 0.05) is 7.11 Å². The van der Waals surface area contributed by atoms with Gasteiger partial charge in [0.2, 0.25) is 0 Å². The fraction of sp³-hybridized carbons (Fsp3) is 0.875. The number of rotatable bonds is 5. The van der Waals surface area contributed by atoms with Gasteiger partial charge in [0.05, 0.1) is 18.0 Å². The van der Waals surface area contributed by atoms with Crippen LogP contribution in [0.25, 0.3) is 0 Å². The maximum Gasteiger partial charge on any atom is 0.169 e. The second-order valence-electron chi connectivity index (χ2n) is 3.12. The molecule has 0 saturated carbocycles. The van der Waals surface area contributed by atoms with Crippen molar-refractivity contribution in [1.29, 1.82) is 0 Å². The quantitative estimate of drug-likeness (QED) is 0.704. The Kier molecular flexibility index (Phi) is 4.28. The van der Waals surface area contributed by atoms with Crippen molar-refractivity contribution in [1.82, 2.24) is 20.2 Å². The Morgan fingerprint density at radius 2 is 2.29 bits per heavy atom. The molecule has 1 aromatic rings. The number of hydrogen-bond donors (Lipinski definition) is 0. The zero-order valence-corrected chi connectivity index (χ0v) is 9.40. The van der Waals surface area contributed by atoms with Gasteiger partial charge in [0.25, 0.3) is 0 Å². The van der Waals surface area contributed by atoms with E-state index in [1.54, 1.807) is 11.8 Å². The van der Waals surface area contributed by atoms with Gasteiger partial charge in [-0.15, -0.1) is 16.7 Å². The van der Waals surface area contributed by atoms with E-state index < -0.39 is 0 Å². The van der Waals surface area contributed by atoms with Crippen LogP contribution in [0.15, 0.2) is 0 Å². The van der Waals surface area contributed by atoms with Crippen LogP contribution in [0.1, 0.15) is 37.5 Å². The van der Waals surface area contributed by atoms with E-state index in [0.717, 1.165) is 6.42 Å². The summed E-state index contributed by atoms with van der Waals surface area (Å²) in [6.45, 7) is 4.51. The van der Waals surface area contributed by atoms with Crippen molar-refractivity contribution in [2.75, 3.05) is 13.7 Å². The zero-order chi connectivity index (χ0) is 10.6. The Hall–Kier alpha value is -0.680. The van der Waals surface area contributed by atoms with Gasteiger partial charge in [0.1, 0.15) is 0 Å². The van der Waals surface area contributed by atoms with E-state index in [-0.39, 0.29) is 11.4 Å². The summed E-state index contributed by atoms with van der Waals surface area (Å²) in [6, 6.07) is 0.159. The maximum absolute atomic E-state index is 5.95. The fourth-order valence-electron chi connectivity index (χ4n) is 1.28. The molecule has 0 amide bonds. The molecule has 6 heteroatoms. The van der Waals surface area contributed by atoms with Gasteiger partial charge in [-0.1, -0.05) is 6.92 Å². The van der Waals surface area contributed by atoms with Crippen LogP contribution in [0, 0.1) is 0 Å². The van der Waals surface area contributed by atoms with Crippen LogP contribution in [-0.2, 0) is 4.74 Å². The lowest BCUT2D eigenvalue weighted by molar-refractivity contribution is 0.144. The lowest BCUT2D eigenvalue weighted by Crippen LogP contribution is -2.18. The summed E-state index contributed by atoms with van der Waals surface area (Å²) >= 11 is 5.95. The van der Waals surface area contributed by atoms with Crippen molar-refractivity contribution in [3.63, 3.8) is 0 Å². The largest absolute Gasteiger partial charge is 0.382 e. The number of hydrogen-bond acceptors (Lipinski definition) is 4. The molecule has 1 aromatic heterocycles. The van der Waals surface area contributed by atoms with Gasteiger partial charge in [-0.2, -0.15) is 0 Å². The van der Waals surface area contributed by atoms with Crippen molar-refractivity contribution in [2.45, 2.75) is 31.7 Å². The van der Waals surface area contributed by atoms with Gasteiger partial charge in [-0.3, -0.25) is 0 Å². The third-order valence-electron chi connectivity index (χ3n) is 2.05. The van der Waals surface area contributed by atoms with Crippen molar-refractivity contribution < 1.29 is 4.74 Å². The highest BCUT2D eigenvalue weighted by Gasteiger charge is 2.18. The number of nitrogens with zero attached hydrogens (tertiary/aromatic N) is 4. The number of methoxy groups -OCH3 is 1. The van der Waals surface area contributed by atoms with Crippen molar-refractivity contribution in [3.8, 4) is 0 Å². The molecule has 0 bridgehead atoms. The minimum absolute atomic E-state index is 0.159. The molecule has 0 N–H and O–H groups in total. The average Bonchev–Trinajstić information content (AvgIpc) is 2.62. The Morgan fingerprint density at radius 3 is 2.79 bits per heavy atom. The molecule has 0 radical (unpaired) electrons. The summed E-state index contributed by atoms with van der Waals surface area (Å²) in [5, 5.41) is 11.2. The number of tetrazole rings is 1. The predicted octanol–water partition coefficient (Wildman–Crippen LogP) is 1.57. The number of halogens is 1. The van der Waals surface area contributed by atoms with E-state index >= 15 is 0 Å². The molecule has 2 unspecified atom stereocenters. The second kappa shape index (κ2) is 5.26. The molecule has 0 fully saturated rings. The molecule has 80 valence electrons. The Balaban J connectivity index is 2.86. The summed E-state index contributed by atoms with van der Waals surface area (Å²) in [5.41, 5.74) is 0. The highest BCUT2D eigenvalue weighted by molar-refractivity contribution is 6.20. The van der Waals surface area contributed by atoms with Crippen LogP contribution in [0.4, 0.5) is 0 Å². The number of aromatic nitrogens is 4. The molecular weight excluding hydrogens is 204 g/mol. The maximum atomic E-state index is 5.95. The van der Waals surface area contributed by atoms with E-state index in [2.05, 4.69) is 22.4 Å². The minimum atomic E-state index is -0.184. The monoisotopic (exact) mass is 218 g/mol. The molecule has 0 aliphatic carbocycles. The summed E-state index contributed by atoms with van der Waals surface area (Å²) in [4.78, 5) is 0. The first-order valence-corrected chi connectivity index (χ1v) is 5.05. The SMILES string of the molecule is CCC(COC)n1nnnc1C(C)Cl. The second-order valence-corrected chi connectivity index (χ2v) is 3.77. The lowest BCUT2D eigenvalue weighted by atomic mass is 10.2. The van der Waals surface area contributed by atoms with E-state index in [1.165, 1.54) is 0 Å². The first-order valence-electron chi connectivity index (χ1n) is 4.61. The van der Waals surface area contributed by atoms with Crippen LogP contribution < -0.4 is 0 Å². The first kappa shape index (κ1) is 11.4.